The van der Waals surface area contributed by atoms with Crippen molar-refractivity contribution in [2.45, 2.75) is 0 Å². The number of benzene rings is 3. The third-order valence-corrected chi connectivity index (χ3v) is 4.28. The lowest BCUT2D eigenvalue weighted by molar-refractivity contribution is 1.46. The van der Waals surface area contributed by atoms with Crippen molar-refractivity contribution < 1.29 is 0 Å². The van der Waals surface area contributed by atoms with E-state index in [9.17, 15) is 0 Å². The third-order valence-electron chi connectivity index (χ3n) is 3.22. The van der Waals surface area contributed by atoms with Gasteiger partial charge in [-0.15, -0.1) is 0 Å². The molecule has 0 unspecified atom stereocenters. The van der Waals surface area contributed by atoms with Gasteiger partial charge in [0.05, 0.1) is 5.69 Å². The van der Waals surface area contributed by atoms with Crippen LogP contribution in [0.5, 0.6) is 0 Å². The highest BCUT2D eigenvalue weighted by Gasteiger charge is 2.04. The Morgan fingerprint density at radius 1 is 0.696 bits per heavy atom. The zero-order valence-electron chi connectivity index (χ0n) is 12.2. The summed E-state index contributed by atoms with van der Waals surface area (Å²) in [5.74, 6) is 0.815. The van der Waals surface area contributed by atoms with E-state index in [1.807, 2.05) is 78.9 Å². The number of hydrogen-bond acceptors (Lipinski definition) is 1. The summed E-state index contributed by atoms with van der Waals surface area (Å²) in [4.78, 5) is 4.76. The van der Waals surface area contributed by atoms with Gasteiger partial charge in [0.15, 0.2) is 0 Å². The molecule has 0 fully saturated rings. The minimum Gasteiger partial charge on any atom is -0.340 e. The molecular formula is C19H14Br2N2. The molecule has 0 aliphatic carbocycles. The van der Waals surface area contributed by atoms with Crippen molar-refractivity contribution in [2.24, 2.45) is 4.99 Å². The predicted molar refractivity (Wildman–Crippen MR) is 105 cm³/mol. The Balaban J connectivity index is 1.96. The van der Waals surface area contributed by atoms with Gasteiger partial charge in [0.25, 0.3) is 0 Å². The number of aliphatic imine (C=N–C) groups is 1. The summed E-state index contributed by atoms with van der Waals surface area (Å²) in [7, 11) is 0. The van der Waals surface area contributed by atoms with Crippen LogP contribution in [0.15, 0.2) is 92.8 Å². The van der Waals surface area contributed by atoms with Gasteiger partial charge in [-0.1, -0.05) is 62.2 Å². The van der Waals surface area contributed by atoms with Crippen molar-refractivity contribution in [3.63, 3.8) is 0 Å². The van der Waals surface area contributed by atoms with Gasteiger partial charge < -0.3 is 5.32 Å². The molecule has 0 saturated carbocycles. The molecule has 1 N–H and O–H groups in total. The van der Waals surface area contributed by atoms with Gasteiger partial charge >= 0.3 is 0 Å². The highest BCUT2D eigenvalue weighted by atomic mass is 79.9. The minimum absolute atomic E-state index is 0.815. The monoisotopic (exact) mass is 428 g/mol. The molecule has 23 heavy (non-hydrogen) atoms. The SMILES string of the molecule is Brc1ccc(N=C(Nc2ccc(Br)cc2)c2ccccc2)cc1. The fourth-order valence-corrected chi connectivity index (χ4v) is 2.60. The molecule has 4 heteroatoms. The number of amidine groups is 1. The Morgan fingerprint density at radius 2 is 1.26 bits per heavy atom. The Labute approximate surface area is 152 Å². The highest BCUT2D eigenvalue weighted by Crippen LogP contribution is 2.20. The normalized spacial score (nSPS) is 11.3. The van der Waals surface area contributed by atoms with Crippen LogP contribution in [0.4, 0.5) is 11.4 Å². The van der Waals surface area contributed by atoms with E-state index in [0.717, 1.165) is 31.7 Å². The standard InChI is InChI=1S/C19H14Br2N2/c20-15-6-10-17(11-7-15)22-19(14-4-2-1-3-5-14)23-18-12-8-16(21)9-13-18/h1-13H,(H,22,23). The number of nitrogens with zero attached hydrogens (tertiary/aromatic N) is 1. The molecule has 0 amide bonds. The molecule has 0 aromatic heterocycles. The second kappa shape index (κ2) is 7.57. The highest BCUT2D eigenvalue weighted by molar-refractivity contribution is 9.10. The van der Waals surface area contributed by atoms with E-state index in [0.29, 0.717) is 0 Å². The molecule has 0 spiro atoms. The van der Waals surface area contributed by atoms with Crippen molar-refractivity contribution >= 4 is 49.1 Å². The number of anilines is 1. The molecule has 0 atom stereocenters. The molecule has 0 aliphatic rings. The second-order valence-electron chi connectivity index (χ2n) is 4.93. The first-order valence-corrected chi connectivity index (χ1v) is 8.71. The summed E-state index contributed by atoms with van der Waals surface area (Å²) >= 11 is 6.90. The maximum absolute atomic E-state index is 4.76. The van der Waals surface area contributed by atoms with Gasteiger partial charge in [0.2, 0.25) is 0 Å². The molecule has 3 aromatic rings. The molecule has 2 nitrogen and oxygen atoms in total. The van der Waals surface area contributed by atoms with E-state index in [2.05, 4.69) is 37.2 Å². The van der Waals surface area contributed by atoms with Crippen LogP contribution in [0, 0.1) is 0 Å². The van der Waals surface area contributed by atoms with Gasteiger partial charge in [0.1, 0.15) is 5.84 Å². The minimum atomic E-state index is 0.815. The molecular weight excluding hydrogens is 416 g/mol. The van der Waals surface area contributed by atoms with Gasteiger partial charge in [-0.2, -0.15) is 0 Å². The van der Waals surface area contributed by atoms with Crippen LogP contribution >= 0.6 is 31.9 Å². The quantitative estimate of drug-likeness (QED) is 0.378. The fraction of sp³-hybridized carbons (Fsp3) is 0. The maximum atomic E-state index is 4.76. The number of rotatable bonds is 3. The fourth-order valence-electron chi connectivity index (χ4n) is 2.08. The van der Waals surface area contributed by atoms with Crippen LogP contribution in [-0.4, -0.2) is 5.84 Å². The third kappa shape index (κ3) is 4.53. The lowest BCUT2D eigenvalue weighted by atomic mass is 10.2. The summed E-state index contributed by atoms with van der Waals surface area (Å²) in [6.07, 6.45) is 0. The maximum Gasteiger partial charge on any atom is 0.138 e. The van der Waals surface area contributed by atoms with Gasteiger partial charge in [0, 0.05) is 20.2 Å². The van der Waals surface area contributed by atoms with E-state index >= 15 is 0 Å². The molecule has 0 aliphatic heterocycles. The Bertz CT molecular complexity index is 795. The lowest BCUT2D eigenvalue weighted by Gasteiger charge is -2.11. The van der Waals surface area contributed by atoms with E-state index in [1.165, 1.54) is 0 Å². The largest absolute Gasteiger partial charge is 0.340 e. The zero-order chi connectivity index (χ0) is 16.1. The lowest BCUT2D eigenvalue weighted by Crippen LogP contribution is -2.13. The van der Waals surface area contributed by atoms with E-state index < -0.39 is 0 Å². The van der Waals surface area contributed by atoms with Gasteiger partial charge in [-0.3, -0.25) is 0 Å². The average molecular weight is 430 g/mol. The average Bonchev–Trinajstić information content (AvgIpc) is 2.59. The number of halogens is 2. The van der Waals surface area contributed by atoms with Crippen LogP contribution in [0.1, 0.15) is 5.56 Å². The summed E-state index contributed by atoms with van der Waals surface area (Å²) in [5.41, 5.74) is 2.93. The summed E-state index contributed by atoms with van der Waals surface area (Å²) in [6, 6.07) is 26.1. The molecule has 0 bridgehead atoms. The predicted octanol–water partition coefficient (Wildman–Crippen LogP) is 6.40. The zero-order valence-corrected chi connectivity index (χ0v) is 15.4. The van der Waals surface area contributed by atoms with E-state index in [4.69, 9.17) is 4.99 Å². The van der Waals surface area contributed by atoms with Gasteiger partial charge in [-0.25, -0.2) is 4.99 Å². The molecule has 0 saturated heterocycles. The van der Waals surface area contributed by atoms with Crippen LogP contribution in [0.2, 0.25) is 0 Å². The van der Waals surface area contributed by atoms with E-state index in [1.54, 1.807) is 0 Å². The second-order valence-corrected chi connectivity index (χ2v) is 6.77. The Morgan fingerprint density at radius 3 is 1.87 bits per heavy atom. The first-order valence-electron chi connectivity index (χ1n) is 7.13. The molecule has 114 valence electrons. The Kier molecular flexibility index (Phi) is 5.26. The van der Waals surface area contributed by atoms with Gasteiger partial charge in [-0.05, 0) is 48.5 Å². The first kappa shape index (κ1) is 16.0. The molecule has 0 radical (unpaired) electrons. The van der Waals surface area contributed by atoms with Crippen molar-refractivity contribution in [1.29, 1.82) is 0 Å². The van der Waals surface area contributed by atoms with Crippen molar-refractivity contribution in [3.8, 4) is 0 Å². The molecule has 3 aromatic carbocycles. The van der Waals surface area contributed by atoms with Crippen molar-refractivity contribution in [2.75, 3.05) is 5.32 Å². The number of nitrogens with one attached hydrogen (secondary N) is 1. The Hall–Kier alpha value is -1.91. The topological polar surface area (TPSA) is 24.4 Å². The summed E-state index contributed by atoms with van der Waals surface area (Å²) < 4.78 is 2.09. The summed E-state index contributed by atoms with van der Waals surface area (Å²) in [6.45, 7) is 0. The molecule has 3 rings (SSSR count). The smallest absolute Gasteiger partial charge is 0.138 e. The first-order chi connectivity index (χ1) is 11.2. The summed E-state index contributed by atoms with van der Waals surface area (Å²) in [5, 5.41) is 3.40. The van der Waals surface area contributed by atoms with Crippen molar-refractivity contribution in [1.82, 2.24) is 0 Å². The number of hydrogen-bond donors (Lipinski definition) is 1. The van der Waals surface area contributed by atoms with E-state index in [-0.39, 0.29) is 0 Å². The van der Waals surface area contributed by atoms with Crippen molar-refractivity contribution in [3.05, 3.63) is 93.4 Å². The van der Waals surface area contributed by atoms with Crippen LogP contribution in [0.25, 0.3) is 0 Å². The molecule has 0 heterocycles. The van der Waals surface area contributed by atoms with Crippen LogP contribution in [0.3, 0.4) is 0 Å². The van der Waals surface area contributed by atoms with Crippen LogP contribution in [-0.2, 0) is 0 Å². The van der Waals surface area contributed by atoms with Crippen LogP contribution < -0.4 is 5.32 Å².